The number of methoxy groups -OCH3 is 1. The highest BCUT2D eigenvalue weighted by atomic mass is 127. The van der Waals surface area contributed by atoms with E-state index in [2.05, 4.69) is 36.0 Å². The van der Waals surface area contributed by atoms with E-state index in [1.54, 1.807) is 6.20 Å². The highest BCUT2D eigenvalue weighted by Gasteiger charge is 2.26. The zero-order valence-corrected chi connectivity index (χ0v) is 21.6. The van der Waals surface area contributed by atoms with E-state index in [1.165, 1.54) is 18.2 Å². The number of aliphatic imine (C=N–C) groups is 1. The summed E-state index contributed by atoms with van der Waals surface area (Å²) in [6.45, 7) is 9.07. The Kier molecular flexibility index (Phi) is 10.2. The first kappa shape index (κ1) is 25.9. The Morgan fingerprint density at radius 1 is 1.19 bits per heavy atom. The van der Waals surface area contributed by atoms with Gasteiger partial charge in [0.2, 0.25) is 5.88 Å². The average Bonchev–Trinajstić information content (AvgIpc) is 2.79. The van der Waals surface area contributed by atoms with Gasteiger partial charge in [-0.25, -0.2) is 9.98 Å². The Labute approximate surface area is 207 Å². The van der Waals surface area contributed by atoms with Gasteiger partial charge in [0.05, 0.1) is 19.6 Å². The molecule has 2 aromatic rings. The maximum absolute atomic E-state index is 11.8. The van der Waals surface area contributed by atoms with Crippen molar-refractivity contribution in [3.05, 3.63) is 53.2 Å². The maximum atomic E-state index is 11.8. The number of benzene rings is 1. The molecule has 0 spiro atoms. The minimum atomic E-state index is -0.116. The molecule has 1 aliphatic heterocycles. The van der Waals surface area contributed by atoms with E-state index in [9.17, 15) is 4.79 Å². The number of halogens is 1. The van der Waals surface area contributed by atoms with Gasteiger partial charge in [-0.2, -0.15) is 0 Å². The number of rotatable bonds is 6. The van der Waals surface area contributed by atoms with E-state index in [1.807, 2.05) is 30.3 Å². The van der Waals surface area contributed by atoms with E-state index in [4.69, 9.17) is 14.5 Å². The van der Waals surface area contributed by atoms with Crippen molar-refractivity contribution in [3.8, 4) is 11.6 Å². The minimum absolute atomic E-state index is 0. The molecule has 0 atom stereocenters. The molecule has 0 amide bonds. The Hall–Kier alpha value is -2.36. The Morgan fingerprint density at radius 3 is 2.59 bits per heavy atom. The van der Waals surface area contributed by atoms with Crippen molar-refractivity contribution in [1.82, 2.24) is 15.2 Å². The molecule has 1 saturated heterocycles. The van der Waals surface area contributed by atoms with Crippen LogP contribution in [0, 0.1) is 19.8 Å². The minimum Gasteiger partial charge on any atom is -0.469 e. The molecule has 0 radical (unpaired) electrons. The summed E-state index contributed by atoms with van der Waals surface area (Å²) in [6, 6.07) is 9.89. The number of piperidine rings is 1. The van der Waals surface area contributed by atoms with Crippen molar-refractivity contribution in [3.63, 3.8) is 0 Å². The molecule has 32 heavy (non-hydrogen) atoms. The standard InChI is InChI=1S/C24H32N4O3.HI/c1-5-25-24(28-12-9-20(10-13-28)23(29)30-4)27-16-19-8-11-26-22(15-19)31-21-7-6-17(2)18(3)14-21;/h6-8,11,14-15,20H,5,9-10,12-13,16H2,1-4H3,(H,25,27);1H. The lowest BCUT2D eigenvalue weighted by Crippen LogP contribution is -2.46. The van der Waals surface area contributed by atoms with E-state index in [-0.39, 0.29) is 35.9 Å². The molecule has 174 valence electrons. The lowest BCUT2D eigenvalue weighted by atomic mass is 9.97. The van der Waals surface area contributed by atoms with E-state index in [0.29, 0.717) is 12.4 Å². The zero-order valence-electron chi connectivity index (χ0n) is 19.3. The topological polar surface area (TPSA) is 76.1 Å². The number of likely N-dealkylation sites (tertiary alicyclic amines) is 1. The van der Waals surface area contributed by atoms with Crippen LogP contribution in [-0.4, -0.2) is 48.6 Å². The van der Waals surface area contributed by atoms with Crippen LogP contribution < -0.4 is 10.1 Å². The van der Waals surface area contributed by atoms with Crippen LogP contribution in [0.15, 0.2) is 41.5 Å². The number of hydrogen-bond acceptors (Lipinski definition) is 5. The number of nitrogens with zero attached hydrogens (tertiary/aromatic N) is 3. The molecule has 0 unspecified atom stereocenters. The summed E-state index contributed by atoms with van der Waals surface area (Å²) in [5.41, 5.74) is 3.44. The summed E-state index contributed by atoms with van der Waals surface area (Å²) in [5, 5.41) is 3.36. The average molecular weight is 552 g/mol. The number of guanidine groups is 1. The van der Waals surface area contributed by atoms with Crippen LogP contribution in [0.4, 0.5) is 0 Å². The summed E-state index contributed by atoms with van der Waals surface area (Å²) >= 11 is 0. The predicted molar refractivity (Wildman–Crippen MR) is 137 cm³/mol. The quantitative estimate of drug-likeness (QED) is 0.247. The third-order valence-corrected chi connectivity index (χ3v) is 5.58. The van der Waals surface area contributed by atoms with E-state index in [0.717, 1.165) is 49.7 Å². The first-order chi connectivity index (χ1) is 15.0. The normalized spacial score (nSPS) is 14.5. The molecule has 1 fully saturated rings. The molecule has 1 aliphatic rings. The van der Waals surface area contributed by atoms with Gasteiger partial charge < -0.3 is 19.7 Å². The number of nitrogens with one attached hydrogen (secondary N) is 1. The summed E-state index contributed by atoms with van der Waals surface area (Å²) in [4.78, 5) is 23.1. The first-order valence-corrected chi connectivity index (χ1v) is 10.8. The molecule has 1 N–H and O–H groups in total. The van der Waals surface area contributed by atoms with Gasteiger partial charge >= 0.3 is 5.97 Å². The largest absolute Gasteiger partial charge is 0.469 e. The number of carbonyl (C=O) groups excluding carboxylic acids is 1. The van der Waals surface area contributed by atoms with E-state index >= 15 is 0 Å². The predicted octanol–water partition coefficient (Wildman–Crippen LogP) is 4.46. The van der Waals surface area contributed by atoms with Gasteiger partial charge in [-0.3, -0.25) is 4.79 Å². The van der Waals surface area contributed by atoms with Crippen LogP contribution in [0.2, 0.25) is 0 Å². The maximum Gasteiger partial charge on any atom is 0.308 e. The fourth-order valence-electron chi connectivity index (χ4n) is 3.59. The second kappa shape index (κ2) is 12.6. The fourth-order valence-corrected chi connectivity index (χ4v) is 3.59. The highest BCUT2D eigenvalue weighted by molar-refractivity contribution is 14.0. The molecule has 8 heteroatoms. The van der Waals surface area contributed by atoms with Gasteiger partial charge in [0.1, 0.15) is 5.75 Å². The van der Waals surface area contributed by atoms with Crippen molar-refractivity contribution < 1.29 is 14.3 Å². The molecule has 7 nitrogen and oxygen atoms in total. The van der Waals surface area contributed by atoms with Crippen molar-refractivity contribution in [2.75, 3.05) is 26.7 Å². The molecule has 1 aromatic carbocycles. The van der Waals surface area contributed by atoms with E-state index < -0.39 is 0 Å². The second-order valence-corrected chi connectivity index (χ2v) is 7.81. The fraction of sp³-hybridized carbons (Fsp3) is 0.458. The molecular weight excluding hydrogens is 519 g/mol. The van der Waals surface area contributed by atoms with Gasteiger partial charge in [-0.05, 0) is 68.5 Å². The smallest absolute Gasteiger partial charge is 0.308 e. The summed E-state index contributed by atoms with van der Waals surface area (Å²) in [6.07, 6.45) is 3.30. The lowest BCUT2D eigenvalue weighted by Gasteiger charge is -2.33. The van der Waals surface area contributed by atoms with Crippen LogP contribution in [0.5, 0.6) is 11.6 Å². The van der Waals surface area contributed by atoms with Gasteiger partial charge in [0, 0.05) is 31.9 Å². The Morgan fingerprint density at radius 2 is 1.94 bits per heavy atom. The van der Waals surface area contributed by atoms with Gasteiger partial charge in [0.15, 0.2) is 5.96 Å². The third-order valence-electron chi connectivity index (χ3n) is 5.58. The van der Waals surface area contributed by atoms with Gasteiger partial charge in [-0.1, -0.05) is 6.07 Å². The van der Waals surface area contributed by atoms with Crippen LogP contribution in [-0.2, 0) is 16.1 Å². The SMILES string of the molecule is CCNC(=NCc1ccnc(Oc2ccc(C)c(C)c2)c1)N1CCC(C(=O)OC)CC1.I. The molecule has 0 saturated carbocycles. The molecular formula is C24H33IN4O3. The zero-order chi connectivity index (χ0) is 22.2. The Balaban J connectivity index is 0.00000363. The van der Waals surface area contributed by atoms with Gasteiger partial charge in [-0.15, -0.1) is 24.0 Å². The lowest BCUT2D eigenvalue weighted by molar-refractivity contribution is -0.146. The number of ether oxygens (including phenoxy) is 2. The molecule has 3 rings (SSSR count). The number of carbonyl (C=O) groups is 1. The van der Waals surface area contributed by atoms with Gasteiger partial charge in [0.25, 0.3) is 0 Å². The Bertz CT molecular complexity index is 927. The number of hydrogen-bond donors (Lipinski definition) is 1. The van der Waals surface area contributed by atoms with Crippen molar-refractivity contribution in [1.29, 1.82) is 0 Å². The van der Waals surface area contributed by atoms with Crippen molar-refractivity contribution in [2.24, 2.45) is 10.9 Å². The molecule has 0 aliphatic carbocycles. The third kappa shape index (κ3) is 7.08. The molecule has 0 bridgehead atoms. The molecule has 1 aromatic heterocycles. The summed E-state index contributed by atoms with van der Waals surface area (Å²) < 4.78 is 10.8. The number of aromatic nitrogens is 1. The highest BCUT2D eigenvalue weighted by Crippen LogP contribution is 2.23. The van der Waals surface area contributed by atoms with Crippen LogP contribution in [0.25, 0.3) is 0 Å². The van der Waals surface area contributed by atoms with Crippen molar-refractivity contribution in [2.45, 2.75) is 40.2 Å². The number of esters is 1. The summed E-state index contributed by atoms with van der Waals surface area (Å²) in [7, 11) is 1.45. The first-order valence-electron chi connectivity index (χ1n) is 10.8. The van der Waals surface area contributed by atoms with Crippen LogP contribution in [0.3, 0.4) is 0 Å². The number of aryl methyl sites for hydroxylation is 2. The van der Waals surface area contributed by atoms with Crippen molar-refractivity contribution >= 4 is 35.9 Å². The number of pyridine rings is 1. The summed E-state index contributed by atoms with van der Waals surface area (Å²) in [5.74, 6) is 2.06. The monoisotopic (exact) mass is 552 g/mol. The second-order valence-electron chi connectivity index (χ2n) is 7.81. The van der Waals surface area contributed by atoms with Crippen LogP contribution in [0.1, 0.15) is 36.5 Å². The van der Waals surface area contributed by atoms with Crippen LogP contribution >= 0.6 is 24.0 Å². The molecule has 2 heterocycles.